The maximum absolute atomic E-state index is 11.1. The van der Waals surface area contributed by atoms with Crippen LogP contribution in [0.3, 0.4) is 0 Å². The van der Waals surface area contributed by atoms with Crippen LogP contribution in [0.5, 0.6) is 0 Å². The quantitative estimate of drug-likeness (QED) is 0.785. The SMILES string of the molecule is Cc1cc(SCCS(C)(=O)=O)ccc1CNC1CC1. The number of nitrogens with one attached hydrogen (secondary N) is 1. The van der Waals surface area contributed by atoms with E-state index in [9.17, 15) is 8.42 Å². The minimum atomic E-state index is -2.85. The number of thioether (sulfide) groups is 1. The Hall–Kier alpha value is -0.520. The first-order chi connectivity index (χ1) is 8.94. The molecule has 0 radical (unpaired) electrons. The summed E-state index contributed by atoms with van der Waals surface area (Å²) in [5.74, 6) is 0.861. The van der Waals surface area contributed by atoms with Crippen molar-refractivity contribution >= 4 is 21.6 Å². The molecule has 106 valence electrons. The van der Waals surface area contributed by atoms with E-state index in [-0.39, 0.29) is 5.75 Å². The molecule has 2 rings (SSSR count). The molecule has 1 N–H and O–H groups in total. The van der Waals surface area contributed by atoms with Crippen molar-refractivity contribution in [3.63, 3.8) is 0 Å². The van der Waals surface area contributed by atoms with Gasteiger partial charge in [-0.25, -0.2) is 8.42 Å². The lowest BCUT2D eigenvalue weighted by Gasteiger charge is -2.09. The normalized spacial score (nSPS) is 15.7. The Morgan fingerprint density at radius 1 is 1.37 bits per heavy atom. The summed E-state index contributed by atoms with van der Waals surface area (Å²) in [4.78, 5) is 1.15. The van der Waals surface area contributed by atoms with Gasteiger partial charge in [0.2, 0.25) is 0 Å². The average molecular weight is 299 g/mol. The van der Waals surface area contributed by atoms with Gasteiger partial charge in [-0.1, -0.05) is 6.07 Å². The molecule has 0 amide bonds. The first-order valence-corrected chi connectivity index (χ1v) is 9.62. The van der Waals surface area contributed by atoms with Crippen molar-refractivity contribution in [1.29, 1.82) is 0 Å². The molecule has 3 nitrogen and oxygen atoms in total. The summed E-state index contributed by atoms with van der Waals surface area (Å²) < 4.78 is 22.2. The lowest BCUT2D eigenvalue weighted by molar-refractivity contribution is 0.603. The van der Waals surface area contributed by atoms with Crippen LogP contribution in [-0.4, -0.2) is 32.2 Å². The highest BCUT2D eigenvalue weighted by molar-refractivity contribution is 8.00. The minimum Gasteiger partial charge on any atom is -0.310 e. The number of hydrogen-bond acceptors (Lipinski definition) is 4. The minimum absolute atomic E-state index is 0.238. The zero-order chi connectivity index (χ0) is 13.9. The van der Waals surface area contributed by atoms with Crippen molar-refractivity contribution in [3.8, 4) is 0 Å². The van der Waals surface area contributed by atoms with Crippen molar-refractivity contribution in [2.45, 2.75) is 37.2 Å². The van der Waals surface area contributed by atoms with Crippen molar-refractivity contribution < 1.29 is 8.42 Å². The van der Waals surface area contributed by atoms with E-state index in [4.69, 9.17) is 0 Å². The van der Waals surface area contributed by atoms with Gasteiger partial charge in [-0.3, -0.25) is 0 Å². The van der Waals surface area contributed by atoms with Gasteiger partial charge in [-0.15, -0.1) is 11.8 Å². The third-order valence-electron chi connectivity index (χ3n) is 3.20. The van der Waals surface area contributed by atoms with Crippen LogP contribution in [0.1, 0.15) is 24.0 Å². The van der Waals surface area contributed by atoms with Crippen LogP contribution in [0, 0.1) is 6.92 Å². The van der Waals surface area contributed by atoms with Gasteiger partial charge in [-0.2, -0.15) is 0 Å². The van der Waals surface area contributed by atoms with Gasteiger partial charge in [0.25, 0.3) is 0 Å². The molecular weight excluding hydrogens is 278 g/mol. The molecule has 0 aliphatic heterocycles. The van der Waals surface area contributed by atoms with Crippen LogP contribution < -0.4 is 5.32 Å². The topological polar surface area (TPSA) is 46.2 Å². The summed E-state index contributed by atoms with van der Waals surface area (Å²) in [6.45, 7) is 3.05. The Labute approximate surface area is 120 Å². The summed E-state index contributed by atoms with van der Waals surface area (Å²) in [5.41, 5.74) is 2.61. The number of rotatable bonds is 7. The van der Waals surface area contributed by atoms with Crippen molar-refractivity contribution in [1.82, 2.24) is 5.32 Å². The van der Waals surface area contributed by atoms with Crippen LogP contribution in [0.15, 0.2) is 23.1 Å². The van der Waals surface area contributed by atoms with Crippen molar-refractivity contribution in [2.24, 2.45) is 0 Å². The lowest BCUT2D eigenvalue weighted by Crippen LogP contribution is -2.15. The summed E-state index contributed by atoms with van der Waals surface area (Å²) >= 11 is 1.61. The van der Waals surface area contributed by atoms with Gasteiger partial charge >= 0.3 is 0 Å². The fourth-order valence-corrected chi connectivity index (χ4v) is 4.01. The molecule has 0 heterocycles. The molecule has 0 spiro atoms. The molecule has 1 aliphatic carbocycles. The smallest absolute Gasteiger partial charge is 0.148 e. The maximum atomic E-state index is 11.1. The van der Waals surface area contributed by atoms with E-state index in [2.05, 4.69) is 30.4 Å². The lowest BCUT2D eigenvalue weighted by atomic mass is 10.1. The number of benzene rings is 1. The predicted octanol–water partition coefficient (Wildman–Crippen LogP) is 2.38. The summed E-state index contributed by atoms with van der Waals surface area (Å²) in [6, 6.07) is 7.11. The third kappa shape index (κ3) is 5.55. The Morgan fingerprint density at radius 3 is 2.68 bits per heavy atom. The highest BCUT2D eigenvalue weighted by Crippen LogP contribution is 2.23. The van der Waals surface area contributed by atoms with E-state index in [1.54, 1.807) is 11.8 Å². The van der Waals surface area contributed by atoms with Gasteiger partial charge in [-0.05, 0) is 43.0 Å². The molecule has 0 unspecified atom stereocenters. The van der Waals surface area contributed by atoms with Crippen LogP contribution in [-0.2, 0) is 16.4 Å². The zero-order valence-electron chi connectivity index (χ0n) is 11.5. The predicted molar refractivity (Wildman–Crippen MR) is 81.5 cm³/mol. The fourth-order valence-electron chi connectivity index (χ4n) is 1.81. The first-order valence-electron chi connectivity index (χ1n) is 6.57. The molecule has 1 saturated carbocycles. The van der Waals surface area contributed by atoms with E-state index >= 15 is 0 Å². The zero-order valence-corrected chi connectivity index (χ0v) is 13.1. The molecule has 5 heteroatoms. The van der Waals surface area contributed by atoms with Gasteiger partial charge in [0.05, 0.1) is 5.75 Å². The maximum Gasteiger partial charge on any atom is 0.148 e. The molecule has 1 aliphatic rings. The number of hydrogen-bond donors (Lipinski definition) is 1. The Kier molecular flexibility index (Phi) is 4.92. The van der Waals surface area contributed by atoms with Crippen LogP contribution >= 0.6 is 11.8 Å². The highest BCUT2D eigenvalue weighted by Gasteiger charge is 2.20. The second-order valence-corrected chi connectivity index (χ2v) is 8.65. The van der Waals surface area contributed by atoms with Crippen LogP contribution in [0.4, 0.5) is 0 Å². The standard InChI is InChI=1S/C14H21NO2S2/c1-11-9-14(18-7-8-19(2,16)17)6-3-12(11)10-15-13-4-5-13/h3,6,9,13,15H,4-5,7-8,10H2,1-2H3. The van der Waals surface area contributed by atoms with E-state index in [0.717, 1.165) is 17.5 Å². The summed E-state index contributed by atoms with van der Waals surface area (Å²) in [7, 11) is -2.85. The van der Waals surface area contributed by atoms with Crippen molar-refractivity contribution in [2.75, 3.05) is 17.8 Å². The number of sulfone groups is 1. The van der Waals surface area contributed by atoms with E-state index in [1.165, 1.54) is 30.2 Å². The third-order valence-corrected chi connectivity index (χ3v) is 5.40. The Balaban J connectivity index is 1.86. The summed E-state index contributed by atoms with van der Waals surface area (Å²) in [6.07, 6.45) is 3.89. The largest absolute Gasteiger partial charge is 0.310 e. The van der Waals surface area contributed by atoms with Gasteiger partial charge in [0.1, 0.15) is 9.84 Å². The molecule has 0 bridgehead atoms. The van der Waals surface area contributed by atoms with Crippen LogP contribution in [0.25, 0.3) is 0 Å². The average Bonchev–Trinajstić information content (AvgIpc) is 3.10. The van der Waals surface area contributed by atoms with E-state index < -0.39 is 9.84 Å². The monoisotopic (exact) mass is 299 g/mol. The molecular formula is C14H21NO2S2. The second-order valence-electron chi connectivity index (χ2n) is 5.22. The van der Waals surface area contributed by atoms with Crippen molar-refractivity contribution in [3.05, 3.63) is 29.3 Å². The highest BCUT2D eigenvalue weighted by atomic mass is 32.2. The number of aryl methyl sites for hydroxylation is 1. The second kappa shape index (κ2) is 6.29. The summed E-state index contributed by atoms with van der Waals surface area (Å²) in [5, 5.41) is 3.51. The fraction of sp³-hybridized carbons (Fsp3) is 0.571. The molecule has 0 aromatic heterocycles. The molecule has 0 saturated heterocycles. The molecule has 0 atom stereocenters. The van der Waals surface area contributed by atoms with E-state index in [1.807, 2.05) is 0 Å². The van der Waals surface area contributed by atoms with E-state index in [0.29, 0.717) is 5.75 Å². The molecule has 19 heavy (non-hydrogen) atoms. The first kappa shape index (κ1) is 14.9. The molecule has 1 fully saturated rings. The van der Waals surface area contributed by atoms with Gasteiger partial charge in [0.15, 0.2) is 0 Å². The molecule has 1 aromatic rings. The molecule has 1 aromatic carbocycles. The van der Waals surface area contributed by atoms with Gasteiger partial charge in [0, 0.05) is 29.5 Å². The van der Waals surface area contributed by atoms with Gasteiger partial charge < -0.3 is 5.32 Å². The van der Waals surface area contributed by atoms with Crippen LogP contribution in [0.2, 0.25) is 0 Å². The Morgan fingerprint density at radius 2 is 2.11 bits per heavy atom. The Bertz CT molecular complexity index is 536.